The lowest BCUT2D eigenvalue weighted by molar-refractivity contribution is -0.132. The standard InChI is InChI=1S/C16H31N3O/c1-13(2)9-14(11-17)10-16(20)19-8-4-7-18-6-3-5-15(18)12-19/h13-15H,3-12,17H2,1-2H3. The van der Waals surface area contributed by atoms with Crippen LogP contribution in [-0.2, 0) is 4.79 Å². The van der Waals surface area contributed by atoms with Gasteiger partial charge in [-0.25, -0.2) is 0 Å². The highest BCUT2D eigenvalue weighted by Gasteiger charge is 2.30. The van der Waals surface area contributed by atoms with Crippen molar-refractivity contribution in [3.8, 4) is 0 Å². The Morgan fingerprint density at radius 2 is 2.00 bits per heavy atom. The molecular formula is C16H31N3O. The summed E-state index contributed by atoms with van der Waals surface area (Å²) in [6.07, 6.45) is 5.38. The number of carbonyl (C=O) groups is 1. The van der Waals surface area contributed by atoms with Crippen LogP contribution in [0.3, 0.4) is 0 Å². The van der Waals surface area contributed by atoms with Crippen LogP contribution in [0, 0.1) is 11.8 Å². The van der Waals surface area contributed by atoms with Crippen molar-refractivity contribution in [3.63, 3.8) is 0 Å². The minimum absolute atomic E-state index is 0.329. The molecule has 2 atom stereocenters. The van der Waals surface area contributed by atoms with E-state index in [2.05, 4.69) is 23.6 Å². The van der Waals surface area contributed by atoms with E-state index >= 15 is 0 Å². The van der Waals surface area contributed by atoms with Crippen molar-refractivity contribution < 1.29 is 4.79 Å². The number of nitrogens with zero attached hydrogens (tertiary/aromatic N) is 2. The van der Waals surface area contributed by atoms with Gasteiger partial charge in [-0.2, -0.15) is 0 Å². The van der Waals surface area contributed by atoms with Gasteiger partial charge in [-0.1, -0.05) is 13.8 Å². The molecule has 2 N–H and O–H groups in total. The molecular weight excluding hydrogens is 250 g/mol. The maximum atomic E-state index is 12.5. The van der Waals surface area contributed by atoms with Crippen molar-refractivity contribution in [1.82, 2.24) is 9.80 Å². The van der Waals surface area contributed by atoms with Gasteiger partial charge in [0.15, 0.2) is 0 Å². The van der Waals surface area contributed by atoms with E-state index in [0.29, 0.717) is 36.8 Å². The molecule has 4 nitrogen and oxygen atoms in total. The fraction of sp³-hybridized carbons (Fsp3) is 0.938. The molecule has 0 spiro atoms. The molecule has 0 aromatic carbocycles. The average Bonchev–Trinajstić information content (AvgIpc) is 2.74. The summed E-state index contributed by atoms with van der Waals surface area (Å²) in [5, 5.41) is 0. The predicted octanol–water partition coefficient (Wildman–Crippen LogP) is 1.69. The van der Waals surface area contributed by atoms with Crippen LogP contribution in [0.4, 0.5) is 0 Å². The van der Waals surface area contributed by atoms with Gasteiger partial charge in [0.1, 0.15) is 0 Å². The van der Waals surface area contributed by atoms with Crippen LogP contribution in [-0.4, -0.2) is 54.5 Å². The van der Waals surface area contributed by atoms with Crippen LogP contribution in [0.15, 0.2) is 0 Å². The Labute approximate surface area is 123 Å². The molecule has 2 aliphatic rings. The van der Waals surface area contributed by atoms with Gasteiger partial charge in [-0.3, -0.25) is 9.69 Å². The summed E-state index contributed by atoms with van der Waals surface area (Å²) in [6, 6.07) is 0.614. The van der Waals surface area contributed by atoms with E-state index in [4.69, 9.17) is 5.73 Å². The lowest BCUT2D eigenvalue weighted by atomic mass is 9.93. The zero-order valence-corrected chi connectivity index (χ0v) is 13.2. The second kappa shape index (κ2) is 7.41. The van der Waals surface area contributed by atoms with Gasteiger partial charge >= 0.3 is 0 Å². The number of carbonyl (C=O) groups excluding carboxylic acids is 1. The van der Waals surface area contributed by atoms with E-state index in [1.54, 1.807) is 0 Å². The minimum atomic E-state index is 0.329. The van der Waals surface area contributed by atoms with E-state index in [1.165, 1.54) is 25.9 Å². The zero-order valence-electron chi connectivity index (χ0n) is 13.2. The van der Waals surface area contributed by atoms with Crippen molar-refractivity contribution >= 4 is 5.91 Å². The minimum Gasteiger partial charge on any atom is -0.341 e. The zero-order chi connectivity index (χ0) is 14.5. The molecule has 4 heteroatoms. The summed E-state index contributed by atoms with van der Waals surface area (Å²) in [6.45, 7) is 9.31. The molecule has 2 rings (SSSR count). The molecule has 2 saturated heterocycles. The lowest BCUT2D eigenvalue weighted by Gasteiger charge is -2.27. The third-order valence-electron chi connectivity index (χ3n) is 4.76. The number of hydrogen-bond donors (Lipinski definition) is 1. The Morgan fingerprint density at radius 3 is 2.70 bits per heavy atom. The van der Waals surface area contributed by atoms with Crippen LogP contribution in [0.5, 0.6) is 0 Å². The van der Waals surface area contributed by atoms with E-state index in [0.717, 1.165) is 25.9 Å². The summed E-state index contributed by atoms with van der Waals surface area (Å²) in [5.74, 6) is 1.30. The van der Waals surface area contributed by atoms with Gasteiger partial charge in [0.2, 0.25) is 5.91 Å². The Hall–Kier alpha value is -0.610. The fourth-order valence-electron chi connectivity index (χ4n) is 3.74. The SMILES string of the molecule is CC(C)CC(CN)CC(=O)N1CCCN2CCCC2C1. The molecule has 2 unspecified atom stereocenters. The van der Waals surface area contributed by atoms with Gasteiger partial charge in [-0.05, 0) is 50.6 Å². The van der Waals surface area contributed by atoms with Crippen molar-refractivity contribution in [2.75, 3.05) is 32.7 Å². The molecule has 2 fully saturated rings. The molecule has 0 saturated carbocycles. The van der Waals surface area contributed by atoms with Crippen LogP contribution < -0.4 is 5.73 Å². The first kappa shape index (κ1) is 15.8. The summed E-state index contributed by atoms with van der Waals surface area (Å²) >= 11 is 0. The summed E-state index contributed by atoms with van der Waals surface area (Å²) in [5.41, 5.74) is 5.84. The molecule has 116 valence electrons. The normalized spacial score (nSPS) is 25.6. The van der Waals surface area contributed by atoms with E-state index in [-0.39, 0.29) is 0 Å². The first-order chi connectivity index (χ1) is 9.60. The fourth-order valence-corrected chi connectivity index (χ4v) is 3.74. The van der Waals surface area contributed by atoms with Crippen molar-refractivity contribution in [1.29, 1.82) is 0 Å². The number of fused-ring (bicyclic) bond motifs is 1. The van der Waals surface area contributed by atoms with E-state index in [9.17, 15) is 4.79 Å². The van der Waals surface area contributed by atoms with Crippen LogP contribution >= 0.6 is 0 Å². The average molecular weight is 281 g/mol. The first-order valence-electron chi connectivity index (χ1n) is 8.32. The number of nitrogens with two attached hydrogens (primary N) is 1. The summed E-state index contributed by atoms with van der Waals surface area (Å²) < 4.78 is 0. The van der Waals surface area contributed by atoms with Crippen molar-refractivity contribution in [2.24, 2.45) is 17.6 Å². The molecule has 0 aromatic rings. The lowest BCUT2D eigenvalue weighted by Crippen LogP contribution is -2.40. The molecule has 0 radical (unpaired) electrons. The summed E-state index contributed by atoms with van der Waals surface area (Å²) in [4.78, 5) is 17.2. The number of hydrogen-bond acceptors (Lipinski definition) is 3. The van der Waals surface area contributed by atoms with E-state index < -0.39 is 0 Å². The maximum absolute atomic E-state index is 12.5. The van der Waals surface area contributed by atoms with Gasteiger partial charge in [-0.15, -0.1) is 0 Å². The highest BCUT2D eigenvalue weighted by Crippen LogP contribution is 2.23. The highest BCUT2D eigenvalue weighted by molar-refractivity contribution is 5.76. The third kappa shape index (κ3) is 4.19. The highest BCUT2D eigenvalue weighted by atomic mass is 16.2. The van der Waals surface area contributed by atoms with Gasteiger partial charge in [0.25, 0.3) is 0 Å². The van der Waals surface area contributed by atoms with Crippen LogP contribution in [0.25, 0.3) is 0 Å². The first-order valence-corrected chi connectivity index (χ1v) is 8.32. The van der Waals surface area contributed by atoms with Crippen molar-refractivity contribution in [2.45, 2.75) is 52.0 Å². The largest absolute Gasteiger partial charge is 0.341 e. The Kier molecular flexibility index (Phi) is 5.85. The van der Waals surface area contributed by atoms with Crippen LogP contribution in [0.1, 0.15) is 46.0 Å². The topological polar surface area (TPSA) is 49.6 Å². The quantitative estimate of drug-likeness (QED) is 0.834. The van der Waals surface area contributed by atoms with Gasteiger partial charge < -0.3 is 10.6 Å². The third-order valence-corrected chi connectivity index (χ3v) is 4.76. The molecule has 0 aromatic heterocycles. The van der Waals surface area contributed by atoms with Gasteiger partial charge in [0, 0.05) is 32.1 Å². The summed E-state index contributed by atoms with van der Waals surface area (Å²) in [7, 11) is 0. The molecule has 0 aliphatic carbocycles. The monoisotopic (exact) mass is 281 g/mol. The maximum Gasteiger partial charge on any atom is 0.222 e. The second-order valence-electron chi connectivity index (χ2n) is 6.96. The van der Waals surface area contributed by atoms with Crippen LogP contribution in [0.2, 0.25) is 0 Å². The predicted molar refractivity (Wildman–Crippen MR) is 82.4 cm³/mol. The number of amides is 1. The van der Waals surface area contributed by atoms with Gasteiger partial charge in [0.05, 0.1) is 0 Å². The molecule has 1 amide bonds. The molecule has 2 heterocycles. The molecule has 2 aliphatic heterocycles. The Morgan fingerprint density at radius 1 is 1.25 bits per heavy atom. The van der Waals surface area contributed by atoms with E-state index in [1.807, 2.05) is 0 Å². The number of rotatable bonds is 5. The molecule has 0 bridgehead atoms. The molecule has 20 heavy (non-hydrogen) atoms. The smallest absolute Gasteiger partial charge is 0.222 e. The van der Waals surface area contributed by atoms with Crippen molar-refractivity contribution in [3.05, 3.63) is 0 Å². The Balaban J connectivity index is 1.87. The Bertz CT molecular complexity index is 319. The second-order valence-corrected chi connectivity index (χ2v) is 6.96.